The van der Waals surface area contributed by atoms with Gasteiger partial charge in [0.2, 0.25) is 5.91 Å². The number of hydrogen-bond donors (Lipinski definition) is 3. The van der Waals surface area contributed by atoms with Crippen LogP contribution in [-0.2, 0) is 32.1 Å². The van der Waals surface area contributed by atoms with Crippen molar-refractivity contribution >= 4 is 35.5 Å². The molecular formula is C29H38ClN3O6. The Morgan fingerprint density at radius 2 is 1.44 bits per heavy atom. The molecule has 2 atom stereocenters. The minimum Gasteiger partial charge on any atom is -0.445 e. The minimum absolute atomic E-state index is 0.0526. The smallest absolute Gasteiger partial charge is 0.408 e. The number of rotatable bonds is 14. The Kier molecular flexibility index (Phi) is 13.3. The first-order valence-corrected chi connectivity index (χ1v) is 13.5. The number of carbonyl (C=O) groups excluding carboxylic acids is 4. The number of alkyl carbamates (subject to hydrolysis) is 2. The van der Waals surface area contributed by atoms with Gasteiger partial charge < -0.3 is 25.4 Å². The second kappa shape index (κ2) is 16.4. The maximum Gasteiger partial charge on any atom is 0.408 e. The van der Waals surface area contributed by atoms with Gasteiger partial charge in [0.1, 0.15) is 18.2 Å². The van der Waals surface area contributed by atoms with E-state index < -0.39 is 35.8 Å². The zero-order valence-corrected chi connectivity index (χ0v) is 23.5. The molecule has 39 heavy (non-hydrogen) atoms. The summed E-state index contributed by atoms with van der Waals surface area (Å²) in [5, 5.41) is 8.04. The van der Waals surface area contributed by atoms with Crippen molar-refractivity contribution in [3.63, 3.8) is 0 Å². The van der Waals surface area contributed by atoms with Crippen LogP contribution in [0.3, 0.4) is 0 Å². The number of hydrogen-bond acceptors (Lipinski definition) is 6. The number of nitrogens with one attached hydrogen (secondary N) is 3. The lowest BCUT2D eigenvalue weighted by Gasteiger charge is -2.23. The third-order valence-corrected chi connectivity index (χ3v) is 5.79. The molecule has 2 rings (SSSR count). The van der Waals surface area contributed by atoms with Crippen molar-refractivity contribution in [1.29, 1.82) is 0 Å². The third kappa shape index (κ3) is 13.2. The van der Waals surface area contributed by atoms with Crippen molar-refractivity contribution in [2.75, 3.05) is 12.4 Å². The molecule has 0 radical (unpaired) electrons. The summed E-state index contributed by atoms with van der Waals surface area (Å²) in [6.07, 6.45) is 0.373. The third-order valence-electron chi connectivity index (χ3n) is 5.53. The molecule has 0 saturated heterocycles. The van der Waals surface area contributed by atoms with Crippen LogP contribution in [0.2, 0.25) is 0 Å². The van der Waals surface area contributed by atoms with Crippen LogP contribution < -0.4 is 16.0 Å². The highest BCUT2D eigenvalue weighted by atomic mass is 35.5. The van der Waals surface area contributed by atoms with E-state index in [0.29, 0.717) is 25.8 Å². The molecule has 0 aliphatic rings. The van der Waals surface area contributed by atoms with Crippen molar-refractivity contribution in [2.24, 2.45) is 0 Å². The zero-order chi connectivity index (χ0) is 28.7. The molecule has 9 nitrogen and oxygen atoms in total. The van der Waals surface area contributed by atoms with E-state index in [0.717, 1.165) is 11.1 Å². The van der Waals surface area contributed by atoms with Crippen LogP contribution >= 0.6 is 11.6 Å². The van der Waals surface area contributed by atoms with Crippen molar-refractivity contribution in [3.8, 4) is 0 Å². The molecule has 2 aromatic carbocycles. The highest BCUT2D eigenvalue weighted by Gasteiger charge is 2.27. The summed E-state index contributed by atoms with van der Waals surface area (Å²) in [7, 11) is 0. The number of benzene rings is 2. The number of unbranched alkanes of at least 4 members (excludes halogenated alkanes) is 1. The molecule has 3 N–H and O–H groups in total. The van der Waals surface area contributed by atoms with Crippen LogP contribution in [0.15, 0.2) is 60.7 Å². The lowest BCUT2D eigenvalue weighted by Crippen LogP contribution is -2.52. The van der Waals surface area contributed by atoms with Crippen LogP contribution in [0.25, 0.3) is 0 Å². The van der Waals surface area contributed by atoms with Gasteiger partial charge in [0.25, 0.3) is 0 Å². The fraction of sp³-hybridized carbons (Fsp3) is 0.448. The Hall–Kier alpha value is -3.59. The molecule has 0 saturated carbocycles. The first kappa shape index (κ1) is 31.6. The van der Waals surface area contributed by atoms with Gasteiger partial charge in [-0.05, 0) is 51.2 Å². The molecule has 3 amide bonds. The Bertz CT molecular complexity index is 1060. The number of amides is 3. The van der Waals surface area contributed by atoms with Gasteiger partial charge in [-0.25, -0.2) is 9.59 Å². The fourth-order valence-corrected chi connectivity index (χ4v) is 3.81. The molecular weight excluding hydrogens is 522 g/mol. The average molecular weight is 560 g/mol. The molecule has 2 aromatic rings. The standard InChI is InChI=1S/C29H38ClN3O6/c1-29(2,3)39-27(36)31-17-11-10-16-23(25(34)19-30)32-26(35)24(18-21-12-6-4-7-13-21)33-28(37)38-20-22-14-8-5-9-15-22/h4-9,12-15,23-24H,10-11,16-20H2,1-3H3,(H,31,36)(H,32,35)(H,33,37). The normalized spacial score (nSPS) is 12.5. The molecule has 2 unspecified atom stereocenters. The monoisotopic (exact) mass is 559 g/mol. The van der Waals surface area contributed by atoms with Crippen LogP contribution in [0.4, 0.5) is 9.59 Å². The molecule has 10 heteroatoms. The Morgan fingerprint density at radius 1 is 0.821 bits per heavy atom. The lowest BCUT2D eigenvalue weighted by molar-refractivity contribution is -0.128. The van der Waals surface area contributed by atoms with E-state index in [9.17, 15) is 19.2 Å². The topological polar surface area (TPSA) is 123 Å². The van der Waals surface area contributed by atoms with Gasteiger partial charge in [-0.1, -0.05) is 60.7 Å². The quantitative estimate of drug-likeness (QED) is 0.231. The van der Waals surface area contributed by atoms with Crippen LogP contribution in [-0.4, -0.2) is 54.0 Å². The molecule has 0 aromatic heterocycles. The lowest BCUT2D eigenvalue weighted by atomic mass is 10.0. The number of halogens is 1. The number of carbonyl (C=O) groups is 4. The van der Waals surface area contributed by atoms with Crippen molar-refractivity contribution in [1.82, 2.24) is 16.0 Å². The summed E-state index contributed by atoms with van der Waals surface area (Å²) in [5.41, 5.74) is 1.05. The van der Waals surface area contributed by atoms with Crippen LogP contribution in [0.1, 0.15) is 51.2 Å². The molecule has 0 fully saturated rings. The fourth-order valence-electron chi connectivity index (χ4n) is 3.62. The Labute approximate surface area is 235 Å². The van der Waals surface area contributed by atoms with Crippen molar-refractivity contribution < 1.29 is 28.7 Å². The molecule has 0 aliphatic carbocycles. The predicted octanol–water partition coefficient (Wildman–Crippen LogP) is 4.51. The maximum atomic E-state index is 13.2. The number of ketones is 1. The first-order chi connectivity index (χ1) is 18.6. The van der Waals surface area contributed by atoms with Gasteiger partial charge in [0.05, 0.1) is 11.9 Å². The van der Waals surface area contributed by atoms with Crippen molar-refractivity contribution in [3.05, 3.63) is 71.8 Å². The predicted molar refractivity (Wildman–Crippen MR) is 149 cm³/mol. The minimum atomic E-state index is -0.977. The summed E-state index contributed by atoms with van der Waals surface area (Å²) >= 11 is 5.80. The van der Waals surface area contributed by atoms with Gasteiger partial charge in [-0.3, -0.25) is 9.59 Å². The van der Waals surface area contributed by atoms with E-state index in [-0.39, 0.29) is 24.7 Å². The van der Waals surface area contributed by atoms with Crippen LogP contribution in [0.5, 0.6) is 0 Å². The van der Waals surface area contributed by atoms with Gasteiger partial charge in [0.15, 0.2) is 5.78 Å². The SMILES string of the molecule is CC(C)(C)OC(=O)NCCCCC(NC(=O)C(Cc1ccccc1)NC(=O)OCc1ccccc1)C(=O)CCl. The molecule has 0 bridgehead atoms. The highest BCUT2D eigenvalue weighted by Crippen LogP contribution is 2.09. The summed E-state index contributed by atoms with van der Waals surface area (Å²) in [5.74, 6) is -1.13. The van der Waals surface area contributed by atoms with E-state index in [1.54, 1.807) is 20.8 Å². The number of alkyl halides is 1. The number of ether oxygens (including phenoxy) is 2. The largest absolute Gasteiger partial charge is 0.445 e. The summed E-state index contributed by atoms with van der Waals surface area (Å²) in [6, 6.07) is 16.6. The maximum absolute atomic E-state index is 13.2. The van der Waals surface area contributed by atoms with Gasteiger partial charge in [-0.15, -0.1) is 11.6 Å². The second-order valence-electron chi connectivity index (χ2n) is 10.0. The van der Waals surface area contributed by atoms with E-state index in [4.69, 9.17) is 21.1 Å². The molecule has 212 valence electrons. The van der Waals surface area contributed by atoms with Gasteiger partial charge in [0, 0.05) is 13.0 Å². The number of Topliss-reactive ketones (excluding diaryl/α,β-unsaturated/α-hetero) is 1. The van der Waals surface area contributed by atoms with E-state index in [1.807, 2.05) is 60.7 Å². The zero-order valence-electron chi connectivity index (χ0n) is 22.7. The van der Waals surface area contributed by atoms with Gasteiger partial charge >= 0.3 is 12.2 Å². The van der Waals surface area contributed by atoms with E-state index >= 15 is 0 Å². The van der Waals surface area contributed by atoms with E-state index in [1.165, 1.54) is 0 Å². The average Bonchev–Trinajstić information content (AvgIpc) is 2.90. The van der Waals surface area contributed by atoms with E-state index in [2.05, 4.69) is 16.0 Å². The van der Waals surface area contributed by atoms with Gasteiger partial charge in [-0.2, -0.15) is 0 Å². The highest BCUT2D eigenvalue weighted by molar-refractivity contribution is 6.28. The summed E-state index contributed by atoms with van der Waals surface area (Å²) in [4.78, 5) is 50.1. The Balaban J connectivity index is 1.96. The molecule has 0 spiro atoms. The Morgan fingerprint density at radius 3 is 2.03 bits per heavy atom. The molecule has 0 heterocycles. The van der Waals surface area contributed by atoms with Crippen molar-refractivity contribution in [2.45, 2.75) is 70.7 Å². The molecule has 0 aliphatic heterocycles. The van der Waals surface area contributed by atoms with Crippen LogP contribution in [0, 0.1) is 0 Å². The summed E-state index contributed by atoms with van der Waals surface area (Å²) < 4.78 is 10.5. The second-order valence-corrected chi connectivity index (χ2v) is 10.3. The first-order valence-electron chi connectivity index (χ1n) is 12.9. The summed E-state index contributed by atoms with van der Waals surface area (Å²) in [6.45, 7) is 5.74.